The predicted octanol–water partition coefficient (Wildman–Crippen LogP) is 3.95. The molecule has 0 unspecified atom stereocenters. The molecule has 0 saturated carbocycles. The van der Waals surface area contributed by atoms with E-state index in [0.29, 0.717) is 19.5 Å². The summed E-state index contributed by atoms with van der Waals surface area (Å²) in [5.41, 5.74) is 2.31. The van der Waals surface area contributed by atoms with Gasteiger partial charge in [-0.1, -0.05) is 65.0 Å². The van der Waals surface area contributed by atoms with Crippen molar-refractivity contribution in [3.8, 4) is 0 Å². The fraction of sp³-hybridized carbons (Fsp3) is 0.600. The van der Waals surface area contributed by atoms with Crippen LogP contribution in [-0.4, -0.2) is 72.3 Å². The number of hydrogen-bond acceptors (Lipinski definition) is 7. The van der Waals surface area contributed by atoms with Gasteiger partial charge in [-0.05, 0) is 34.9 Å². The van der Waals surface area contributed by atoms with E-state index in [2.05, 4.69) is 23.5 Å². The molecular weight excluding hydrogens is 514 g/mol. The van der Waals surface area contributed by atoms with Crippen LogP contribution in [0.25, 0.3) is 0 Å². The number of carbonyl (C=O) groups excluding carboxylic acids is 4. The molecule has 4 bridgehead atoms. The molecule has 40 heavy (non-hydrogen) atoms. The molecule has 1 fully saturated rings. The molecule has 3 heterocycles. The Bertz CT molecular complexity index is 1190. The van der Waals surface area contributed by atoms with Crippen LogP contribution < -0.4 is 5.32 Å². The summed E-state index contributed by atoms with van der Waals surface area (Å²) < 4.78 is 16.4. The number of alkyl carbamates (subject to hydrolysis) is 1. The first-order chi connectivity index (χ1) is 18.8. The van der Waals surface area contributed by atoms with E-state index in [-0.39, 0.29) is 25.0 Å². The minimum absolute atomic E-state index is 0.0114. The Balaban J connectivity index is 1.64. The maximum absolute atomic E-state index is 13.8. The van der Waals surface area contributed by atoms with Crippen molar-refractivity contribution in [2.45, 2.75) is 85.2 Å². The van der Waals surface area contributed by atoms with Gasteiger partial charge < -0.3 is 24.4 Å². The largest absolute Gasteiger partial charge is 0.467 e. The number of nitrogens with one attached hydrogen (secondary N) is 1. The van der Waals surface area contributed by atoms with E-state index in [9.17, 15) is 19.2 Å². The topological polar surface area (TPSA) is 114 Å². The zero-order valence-electron chi connectivity index (χ0n) is 24.3. The molecule has 0 radical (unpaired) electrons. The summed E-state index contributed by atoms with van der Waals surface area (Å²) in [7, 11) is 1.25. The van der Waals surface area contributed by atoms with Crippen molar-refractivity contribution in [3.63, 3.8) is 0 Å². The molecule has 10 nitrogen and oxygen atoms in total. The second-order valence-corrected chi connectivity index (χ2v) is 12.7. The molecule has 10 heteroatoms. The lowest BCUT2D eigenvalue weighted by Gasteiger charge is -2.35. The fourth-order valence-corrected chi connectivity index (χ4v) is 5.42. The summed E-state index contributed by atoms with van der Waals surface area (Å²) in [6.45, 7) is 10.5. The summed E-state index contributed by atoms with van der Waals surface area (Å²) in [6.07, 6.45) is 3.79. The van der Waals surface area contributed by atoms with Crippen molar-refractivity contribution >= 4 is 24.1 Å². The van der Waals surface area contributed by atoms with E-state index in [4.69, 9.17) is 14.2 Å². The van der Waals surface area contributed by atoms with Gasteiger partial charge >= 0.3 is 18.2 Å². The van der Waals surface area contributed by atoms with Gasteiger partial charge in [0.2, 0.25) is 5.91 Å². The molecule has 3 amide bonds. The SMILES string of the molecule is COC(=O)[C@@H]1C[C@@H]2CN1C(=O)[C@H](C(C)(C)C)NC(=O)OCC(C)(C)C/C=C/Cc1cccc3c1CN(C3)C(=O)O2. The molecule has 3 aliphatic heterocycles. The maximum atomic E-state index is 13.8. The van der Waals surface area contributed by atoms with Crippen molar-refractivity contribution < 1.29 is 33.4 Å². The van der Waals surface area contributed by atoms with E-state index in [1.54, 1.807) is 4.90 Å². The molecule has 1 aromatic rings. The number of methoxy groups -OCH3 is 1. The standard InChI is InChI=1S/C30H41N3O7/c1-29(2,3)24-25(34)33-16-21(14-23(33)26(35)38-6)40-28(37)32-15-20-12-9-11-19(22(20)17-32)10-7-8-13-30(4,5)18-39-27(36)31-24/h7-9,11-12,21,23-24H,10,13-18H2,1-6H3,(H,31,36)/b8-7+/t21-,23+,24-/m1/s1. The van der Waals surface area contributed by atoms with Gasteiger partial charge in [-0.3, -0.25) is 9.69 Å². The van der Waals surface area contributed by atoms with Crippen LogP contribution in [-0.2, 0) is 43.3 Å². The summed E-state index contributed by atoms with van der Waals surface area (Å²) in [5.74, 6) is -1.07. The number of nitrogens with zero attached hydrogens (tertiary/aromatic N) is 2. The van der Waals surface area contributed by atoms with Gasteiger partial charge in [-0.15, -0.1) is 0 Å². The van der Waals surface area contributed by atoms with Crippen LogP contribution >= 0.6 is 0 Å². The van der Waals surface area contributed by atoms with Crippen LogP contribution in [0.15, 0.2) is 30.4 Å². The first-order valence-electron chi connectivity index (χ1n) is 13.8. The van der Waals surface area contributed by atoms with Gasteiger partial charge in [-0.25, -0.2) is 14.4 Å². The van der Waals surface area contributed by atoms with Gasteiger partial charge in [0.25, 0.3) is 0 Å². The third-order valence-electron chi connectivity index (χ3n) is 7.77. The second kappa shape index (κ2) is 11.5. The van der Waals surface area contributed by atoms with E-state index < -0.39 is 47.7 Å². The molecule has 1 aromatic carbocycles. The smallest absolute Gasteiger partial charge is 0.410 e. The number of hydrogen-bond donors (Lipinski definition) is 1. The van der Waals surface area contributed by atoms with Gasteiger partial charge in [0.1, 0.15) is 18.2 Å². The Labute approximate surface area is 236 Å². The summed E-state index contributed by atoms with van der Waals surface area (Å²) in [4.78, 5) is 55.6. The molecule has 0 aliphatic carbocycles. The third-order valence-corrected chi connectivity index (χ3v) is 7.77. The van der Waals surface area contributed by atoms with Crippen LogP contribution in [0.3, 0.4) is 0 Å². The summed E-state index contributed by atoms with van der Waals surface area (Å²) in [5, 5.41) is 2.72. The molecule has 0 aromatic heterocycles. The Kier molecular flexibility index (Phi) is 8.46. The quantitative estimate of drug-likeness (QED) is 0.317. The molecule has 3 aliphatic rings. The van der Waals surface area contributed by atoms with Gasteiger partial charge in [0.15, 0.2) is 0 Å². The number of rotatable bonds is 1. The molecule has 4 rings (SSSR count). The number of amides is 3. The highest BCUT2D eigenvalue weighted by Crippen LogP contribution is 2.31. The zero-order chi connectivity index (χ0) is 29.2. The Morgan fingerprint density at radius 3 is 2.52 bits per heavy atom. The third kappa shape index (κ3) is 6.59. The lowest BCUT2D eigenvalue weighted by Crippen LogP contribution is -2.57. The van der Waals surface area contributed by atoms with E-state index in [0.717, 1.165) is 23.1 Å². The monoisotopic (exact) mass is 555 g/mol. The fourth-order valence-electron chi connectivity index (χ4n) is 5.42. The second-order valence-electron chi connectivity index (χ2n) is 12.7. The van der Waals surface area contributed by atoms with Crippen molar-refractivity contribution in [3.05, 3.63) is 47.0 Å². The molecule has 0 spiro atoms. The lowest BCUT2D eigenvalue weighted by atomic mass is 9.85. The van der Waals surface area contributed by atoms with Crippen molar-refractivity contribution in [2.75, 3.05) is 20.3 Å². The van der Waals surface area contributed by atoms with E-state index >= 15 is 0 Å². The molecule has 218 valence electrons. The molecule has 3 atom stereocenters. The van der Waals surface area contributed by atoms with Crippen LogP contribution in [0.1, 0.15) is 64.2 Å². The molecule has 1 saturated heterocycles. The van der Waals surface area contributed by atoms with E-state index in [1.165, 1.54) is 12.0 Å². The first kappa shape index (κ1) is 29.4. The Morgan fingerprint density at radius 1 is 1.10 bits per heavy atom. The highest BCUT2D eigenvalue weighted by molar-refractivity contribution is 5.91. The van der Waals surface area contributed by atoms with Gasteiger partial charge in [0.05, 0.1) is 20.3 Å². The number of fused-ring (bicyclic) bond motifs is 3. The molecular formula is C30H41N3O7. The molecule has 1 N–H and O–H groups in total. The van der Waals surface area contributed by atoms with Crippen molar-refractivity contribution in [1.29, 1.82) is 0 Å². The van der Waals surface area contributed by atoms with Gasteiger partial charge in [0, 0.05) is 24.9 Å². The number of allylic oxidation sites excluding steroid dienone is 2. The summed E-state index contributed by atoms with van der Waals surface area (Å²) >= 11 is 0. The van der Waals surface area contributed by atoms with Crippen molar-refractivity contribution in [2.24, 2.45) is 10.8 Å². The van der Waals surface area contributed by atoms with E-state index in [1.807, 2.05) is 46.8 Å². The lowest BCUT2D eigenvalue weighted by molar-refractivity contribution is -0.152. The van der Waals surface area contributed by atoms with Crippen LogP contribution in [0.5, 0.6) is 0 Å². The first-order valence-corrected chi connectivity index (χ1v) is 13.8. The minimum Gasteiger partial charge on any atom is -0.467 e. The van der Waals surface area contributed by atoms with Gasteiger partial charge in [-0.2, -0.15) is 0 Å². The van der Waals surface area contributed by atoms with Crippen LogP contribution in [0.2, 0.25) is 0 Å². The normalized spacial score (nSPS) is 26.4. The number of benzene rings is 1. The number of cyclic esters (lactones) is 1. The minimum atomic E-state index is -0.985. The number of esters is 1. The average molecular weight is 556 g/mol. The predicted molar refractivity (Wildman–Crippen MR) is 147 cm³/mol. The number of carbonyl (C=O) groups is 4. The maximum Gasteiger partial charge on any atom is 0.410 e. The Morgan fingerprint density at radius 2 is 1.82 bits per heavy atom. The highest BCUT2D eigenvalue weighted by atomic mass is 16.6. The van der Waals surface area contributed by atoms with Crippen LogP contribution in [0, 0.1) is 10.8 Å². The zero-order valence-corrected chi connectivity index (χ0v) is 24.3. The highest BCUT2D eigenvalue weighted by Gasteiger charge is 2.47. The average Bonchev–Trinajstić information content (AvgIpc) is 3.52. The van der Waals surface area contributed by atoms with Crippen molar-refractivity contribution in [1.82, 2.24) is 15.1 Å². The van der Waals surface area contributed by atoms with Crippen LogP contribution in [0.4, 0.5) is 9.59 Å². The number of ether oxygens (including phenoxy) is 3. The summed E-state index contributed by atoms with van der Waals surface area (Å²) in [6, 6.07) is 4.15. The Hall–Kier alpha value is -3.56.